The van der Waals surface area contributed by atoms with Gasteiger partial charge in [0.1, 0.15) is 0 Å². The molecular formula is C14H14N2O3. The second-order valence-corrected chi connectivity index (χ2v) is 4.79. The van der Waals surface area contributed by atoms with Crippen LogP contribution in [0.3, 0.4) is 0 Å². The van der Waals surface area contributed by atoms with Crippen LogP contribution in [-0.4, -0.2) is 40.1 Å². The number of H-pyrrole nitrogens is 1. The number of hydrogen-bond acceptors (Lipinski definition) is 3. The number of nitrogens with one attached hydrogen (secondary N) is 1. The standard InChI is InChI=1S/C14H14N2O3/c17-9-5-6-16(8-9)14(19)11-7-13(18)15-12-4-2-1-3-10(11)12/h1-4,7,9,17H,5-6,8H2,(H,15,18)/t9-/m0/s1. The number of amides is 1. The van der Waals surface area contributed by atoms with Crippen molar-refractivity contribution in [3.05, 3.63) is 46.2 Å². The third-order valence-corrected chi connectivity index (χ3v) is 3.43. The number of nitrogens with zero attached hydrogens (tertiary/aromatic N) is 1. The number of β-amino-alcohol motifs (C(OH)–C–C–N with tert-alkyl or cyclic N) is 1. The Morgan fingerprint density at radius 1 is 1.37 bits per heavy atom. The molecule has 0 aliphatic carbocycles. The van der Waals surface area contributed by atoms with Gasteiger partial charge in [-0.3, -0.25) is 9.59 Å². The molecule has 0 unspecified atom stereocenters. The molecule has 0 spiro atoms. The Morgan fingerprint density at radius 3 is 2.89 bits per heavy atom. The van der Waals surface area contributed by atoms with E-state index in [4.69, 9.17) is 0 Å². The molecule has 2 aromatic rings. The summed E-state index contributed by atoms with van der Waals surface area (Å²) in [5, 5.41) is 10.2. The van der Waals surface area contributed by atoms with Crippen molar-refractivity contribution in [3.63, 3.8) is 0 Å². The molecule has 5 nitrogen and oxygen atoms in total. The number of para-hydroxylation sites is 1. The highest BCUT2D eigenvalue weighted by molar-refractivity contribution is 6.06. The molecular weight excluding hydrogens is 244 g/mol. The SMILES string of the molecule is O=C(c1cc(=O)[nH]c2ccccc12)N1CC[C@H](O)C1. The van der Waals surface area contributed by atoms with Crippen LogP contribution >= 0.6 is 0 Å². The Bertz CT molecular complexity index is 692. The molecule has 1 atom stereocenters. The number of aromatic nitrogens is 1. The number of carbonyl (C=O) groups is 1. The molecule has 1 saturated heterocycles. The lowest BCUT2D eigenvalue weighted by molar-refractivity contribution is 0.0766. The number of benzene rings is 1. The lowest BCUT2D eigenvalue weighted by Crippen LogP contribution is -2.30. The number of aromatic amines is 1. The third-order valence-electron chi connectivity index (χ3n) is 3.43. The molecule has 1 aromatic carbocycles. The summed E-state index contributed by atoms with van der Waals surface area (Å²) in [5.74, 6) is -0.196. The number of aliphatic hydroxyl groups is 1. The van der Waals surface area contributed by atoms with Gasteiger partial charge in [0.15, 0.2) is 0 Å². The molecule has 2 heterocycles. The fourth-order valence-corrected chi connectivity index (χ4v) is 2.48. The van der Waals surface area contributed by atoms with Gasteiger partial charge in [-0.15, -0.1) is 0 Å². The Labute approximate surface area is 109 Å². The van der Waals surface area contributed by atoms with Crippen molar-refractivity contribution in [1.82, 2.24) is 9.88 Å². The van der Waals surface area contributed by atoms with Crippen LogP contribution in [0.25, 0.3) is 10.9 Å². The maximum absolute atomic E-state index is 12.4. The van der Waals surface area contributed by atoms with Crippen molar-refractivity contribution in [2.24, 2.45) is 0 Å². The Morgan fingerprint density at radius 2 is 2.16 bits per heavy atom. The summed E-state index contributed by atoms with van der Waals surface area (Å²) in [6.45, 7) is 0.862. The highest BCUT2D eigenvalue weighted by Gasteiger charge is 2.26. The summed E-state index contributed by atoms with van der Waals surface area (Å²) in [4.78, 5) is 28.3. The van der Waals surface area contributed by atoms with Crippen LogP contribution in [0.2, 0.25) is 0 Å². The number of fused-ring (bicyclic) bond motifs is 1. The van der Waals surface area contributed by atoms with Gasteiger partial charge in [-0.1, -0.05) is 18.2 Å². The third kappa shape index (κ3) is 2.13. The van der Waals surface area contributed by atoms with Crippen LogP contribution in [0, 0.1) is 0 Å². The van der Waals surface area contributed by atoms with Gasteiger partial charge in [0.2, 0.25) is 5.56 Å². The first-order valence-corrected chi connectivity index (χ1v) is 6.24. The van der Waals surface area contributed by atoms with Crippen molar-refractivity contribution in [2.45, 2.75) is 12.5 Å². The average Bonchev–Trinajstić information content (AvgIpc) is 2.83. The van der Waals surface area contributed by atoms with Crippen LogP contribution in [0.4, 0.5) is 0 Å². The van der Waals surface area contributed by atoms with Gasteiger partial charge >= 0.3 is 0 Å². The Hall–Kier alpha value is -2.14. The molecule has 2 N–H and O–H groups in total. The minimum Gasteiger partial charge on any atom is -0.391 e. The second-order valence-electron chi connectivity index (χ2n) is 4.79. The first kappa shape index (κ1) is 11.9. The largest absolute Gasteiger partial charge is 0.391 e. The first-order chi connectivity index (χ1) is 9.15. The van der Waals surface area contributed by atoms with E-state index < -0.39 is 6.10 Å². The van der Waals surface area contributed by atoms with Gasteiger partial charge in [0.05, 0.1) is 11.7 Å². The summed E-state index contributed by atoms with van der Waals surface area (Å²) < 4.78 is 0. The Balaban J connectivity index is 2.09. The van der Waals surface area contributed by atoms with E-state index in [1.165, 1.54) is 6.07 Å². The van der Waals surface area contributed by atoms with E-state index in [0.29, 0.717) is 30.6 Å². The van der Waals surface area contributed by atoms with Gasteiger partial charge in [0, 0.05) is 30.1 Å². The van der Waals surface area contributed by atoms with E-state index in [1.807, 2.05) is 18.2 Å². The molecule has 0 bridgehead atoms. The van der Waals surface area contributed by atoms with Crippen LogP contribution in [0.15, 0.2) is 35.1 Å². The van der Waals surface area contributed by atoms with Gasteiger partial charge in [-0.2, -0.15) is 0 Å². The highest BCUT2D eigenvalue weighted by atomic mass is 16.3. The van der Waals surface area contributed by atoms with Crippen LogP contribution in [-0.2, 0) is 0 Å². The molecule has 0 saturated carbocycles. The van der Waals surface area contributed by atoms with Gasteiger partial charge in [0.25, 0.3) is 5.91 Å². The molecule has 1 aliphatic rings. The van der Waals surface area contributed by atoms with E-state index in [9.17, 15) is 14.7 Å². The topological polar surface area (TPSA) is 73.4 Å². The number of carbonyl (C=O) groups excluding carboxylic acids is 1. The van der Waals surface area contributed by atoms with Crippen molar-refractivity contribution < 1.29 is 9.90 Å². The molecule has 98 valence electrons. The predicted molar refractivity (Wildman–Crippen MR) is 71.1 cm³/mol. The molecule has 1 amide bonds. The molecule has 3 rings (SSSR count). The van der Waals surface area contributed by atoms with Crippen LogP contribution < -0.4 is 5.56 Å². The van der Waals surface area contributed by atoms with E-state index in [1.54, 1.807) is 11.0 Å². The summed E-state index contributed by atoms with van der Waals surface area (Å²) in [6, 6.07) is 8.55. The maximum atomic E-state index is 12.4. The molecule has 1 fully saturated rings. The minimum absolute atomic E-state index is 0.196. The molecule has 1 aliphatic heterocycles. The van der Waals surface area contributed by atoms with E-state index in [0.717, 1.165) is 5.39 Å². The van der Waals surface area contributed by atoms with Crippen LogP contribution in [0.5, 0.6) is 0 Å². The summed E-state index contributed by atoms with van der Waals surface area (Å²) in [6.07, 6.45) is 0.129. The summed E-state index contributed by atoms with van der Waals surface area (Å²) in [7, 11) is 0. The summed E-state index contributed by atoms with van der Waals surface area (Å²) >= 11 is 0. The first-order valence-electron chi connectivity index (χ1n) is 6.24. The number of aliphatic hydroxyl groups excluding tert-OH is 1. The molecule has 0 radical (unpaired) electrons. The van der Waals surface area contributed by atoms with Crippen molar-refractivity contribution >= 4 is 16.8 Å². The van der Waals surface area contributed by atoms with Gasteiger partial charge in [-0.05, 0) is 12.5 Å². The normalized spacial score (nSPS) is 19.0. The summed E-state index contributed by atoms with van der Waals surface area (Å²) in [5.41, 5.74) is 0.758. The molecule has 5 heteroatoms. The van der Waals surface area contributed by atoms with Crippen molar-refractivity contribution in [2.75, 3.05) is 13.1 Å². The number of rotatable bonds is 1. The lowest BCUT2D eigenvalue weighted by Gasteiger charge is -2.16. The van der Waals surface area contributed by atoms with Gasteiger partial charge < -0.3 is 15.0 Å². The van der Waals surface area contributed by atoms with Crippen molar-refractivity contribution in [3.8, 4) is 0 Å². The van der Waals surface area contributed by atoms with Gasteiger partial charge in [-0.25, -0.2) is 0 Å². The number of likely N-dealkylation sites (tertiary alicyclic amines) is 1. The van der Waals surface area contributed by atoms with Crippen molar-refractivity contribution in [1.29, 1.82) is 0 Å². The van der Waals surface area contributed by atoms with E-state index >= 15 is 0 Å². The second kappa shape index (κ2) is 4.51. The lowest BCUT2D eigenvalue weighted by atomic mass is 10.1. The van der Waals surface area contributed by atoms with E-state index in [-0.39, 0.29) is 11.5 Å². The zero-order chi connectivity index (χ0) is 13.4. The zero-order valence-corrected chi connectivity index (χ0v) is 10.3. The fourth-order valence-electron chi connectivity index (χ4n) is 2.48. The highest BCUT2D eigenvalue weighted by Crippen LogP contribution is 2.19. The maximum Gasteiger partial charge on any atom is 0.254 e. The van der Waals surface area contributed by atoms with E-state index in [2.05, 4.69) is 4.98 Å². The van der Waals surface area contributed by atoms with Crippen LogP contribution in [0.1, 0.15) is 16.8 Å². The fraction of sp³-hybridized carbons (Fsp3) is 0.286. The Kier molecular flexibility index (Phi) is 2.83. The predicted octanol–water partition coefficient (Wildman–Crippen LogP) is 0.735. The molecule has 19 heavy (non-hydrogen) atoms. The zero-order valence-electron chi connectivity index (χ0n) is 10.3. The quantitative estimate of drug-likeness (QED) is 0.792. The smallest absolute Gasteiger partial charge is 0.254 e. The average molecular weight is 258 g/mol. The number of hydrogen-bond donors (Lipinski definition) is 2. The number of pyridine rings is 1. The minimum atomic E-state index is -0.461. The monoisotopic (exact) mass is 258 g/mol. The molecule has 1 aromatic heterocycles.